The van der Waals surface area contributed by atoms with Crippen molar-refractivity contribution < 1.29 is 0 Å². The second-order valence-electron chi connectivity index (χ2n) is 3.41. The van der Waals surface area contributed by atoms with Crippen LogP contribution in [0.2, 0.25) is 0 Å². The van der Waals surface area contributed by atoms with Crippen LogP contribution in [0.3, 0.4) is 0 Å². The molecule has 2 aromatic rings. The Kier molecular flexibility index (Phi) is 1.59. The van der Waals surface area contributed by atoms with Gasteiger partial charge in [-0.05, 0) is 29.8 Å². The molecule has 1 aliphatic heterocycles. The van der Waals surface area contributed by atoms with Crippen molar-refractivity contribution in [2.75, 3.05) is 5.32 Å². The summed E-state index contributed by atoms with van der Waals surface area (Å²) in [6.45, 7) is 0. The fourth-order valence-electron chi connectivity index (χ4n) is 1.86. The van der Waals surface area contributed by atoms with Gasteiger partial charge < -0.3 is 5.32 Å². The number of hydrogen-bond acceptors (Lipinski definition) is 3. The highest BCUT2D eigenvalue weighted by Gasteiger charge is 2.08. The summed E-state index contributed by atoms with van der Waals surface area (Å²) in [5.74, 6) is 0. The number of anilines is 1. The van der Waals surface area contributed by atoms with Crippen molar-refractivity contribution in [2.24, 2.45) is 0 Å². The molecule has 1 N–H and O–H groups in total. The van der Waals surface area contributed by atoms with Crippen LogP contribution in [0.4, 0.5) is 5.69 Å². The SMILES string of the molecule is O=c1nccc2c3c(cccc13)NC=C2. The summed E-state index contributed by atoms with van der Waals surface area (Å²) in [6.07, 6.45) is 5.36. The lowest BCUT2D eigenvalue weighted by Gasteiger charge is -2.10. The van der Waals surface area contributed by atoms with Crippen molar-refractivity contribution in [3.63, 3.8) is 0 Å². The Morgan fingerprint density at radius 3 is 3.07 bits per heavy atom. The predicted octanol–water partition coefficient (Wildman–Crippen LogP) is 1.99. The minimum atomic E-state index is -0.185. The van der Waals surface area contributed by atoms with E-state index in [1.165, 1.54) is 0 Å². The summed E-state index contributed by atoms with van der Waals surface area (Å²) in [6, 6.07) is 7.47. The summed E-state index contributed by atoms with van der Waals surface area (Å²) in [4.78, 5) is 15.5. The summed E-state index contributed by atoms with van der Waals surface area (Å²) in [5, 5.41) is 4.72. The smallest absolute Gasteiger partial charge is 0.277 e. The second-order valence-corrected chi connectivity index (χ2v) is 3.41. The third kappa shape index (κ3) is 1.13. The average molecular weight is 196 g/mol. The highest BCUT2D eigenvalue weighted by Crippen LogP contribution is 2.27. The number of benzene rings is 1. The molecule has 0 spiro atoms. The summed E-state index contributed by atoms with van der Waals surface area (Å²) in [5.41, 5.74) is 1.80. The molecule has 0 atom stereocenters. The maximum absolute atomic E-state index is 11.7. The molecule has 1 aromatic heterocycles. The van der Waals surface area contributed by atoms with E-state index in [-0.39, 0.29) is 5.56 Å². The van der Waals surface area contributed by atoms with E-state index in [0.29, 0.717) is 5.39 Å². The molecular formula is C12H8N2O. The largest absolute Gasteiger partial charge is 0.361 e. The normalized spacial score (nSPS) is 12.5. The summed E-state index contributed by atoms with van der Waals surface area (Å²) < 4.78 is 0. The number of hydrogen-bond donors (Lipinski definition) is 1. The molecule has 0 bridgehead atoms. The molecule has 3 heteroatoms. The van der Waals surface area contributed by atoms with Crippen LogP contribution in [0, 0.1) is 0 Å². The maximum atomic E-state index is 11.7. The van der Waals surface area contributed by atoms with Crippen molar-refractivity contribution in [1.82, 2.24) is 4.98 Å². The molecule has 2 heterocycles. The topological polar surface area (TPSA) is 42.0 Å². The lowest BCUT2D eigenvalue weighted by molar-refractivity contribution is 1.29. The molecule has 0 saturated heterocycles. The van der Waals surface area contributed by atoms with Crippen molar-refractivity contribution in [2.45, 2.75) is 0 Å². The molecule has 0 fully saturated rings. The van der Waals surface area contributed by atoms with Crippen LogP contribution in [-0.4, -0.2) is 4.98 Å². The highest BCUT2D eigenvalue weighted by molar-refractivity contribution is 6.01. The van der Waals surface area contributed by atoms with Crippen LogP contribution >= 0.6 is 0 Å². The fraction of sp³-hybridized carbons (Fsp3) is 0. The quantitative estimate of drug-likeness (QED) is 0.700. The van der Waals surface area contributed by atoms with E-state index in [1.54, 1.807) is 12.3 Å². The molecule has 0 amide bonds. The third-order valence-corrected chi connectivity index (χ3v) is 2.53. The second kappa shape index (κ2) is 2.92. The third-order valence-electron chi connectivity index (χ3n) is 2.53. The Hall–Kier alpha value is -2.16. The van der Waals surface area contributed by atoms with Crippen LogP contribution < -0.4 is 10.9 Å². The van der Waals surface area contributed by atoms with Gasteiger partial charge in [0, 0.05) is 23.5 Å². The van der Waals surface area contributed by atoms with E-state index < -0.39 is 0 Å². The summed E-state index contributed by atoms with van der Waals surface area (Å²) >= 11 is 0. The number of nitrogens with one attached hydrogen (secondary N) is 1. The van der Waals surface area contributed by atoms with Gasteiger partial charge in [0.15, 0.2) is 0 Å². The van der Waals surface area contributed by atoms with Gasteiger partial charge in [-0.2, -0.15) is 0 Å². The number of nitrogens with zero attached hydrogens (tertiary/aromatic N) is 1. The van der Waals surface area contributed by atoms with Crippen molar-refractivity contribution in [3.8, 4) is 0 Å². The van der Waals surface area contributed by atoms with Crippen molar-refractivity contribution >= 4 is 22.5 Å². The van der Waals surface area contributed by atoms with Gasteiger partial charge in [0.2, 0.25) is 0 Å². The number of rotatable bonds is 0. The van der Waals surface area contributed by atoms with Crippen molar-refractivity contribution in [3.05, 3.63) is 52.6 Å². The van der Waals surface area contributed by atoms with Crippen LogP contribution in [0.1, 0.15) is 5.56 Å². The molecule has 0 unspecified atom stereocenters. The molecule has 1 aliphatic rings. The Labute approximate surface area is 86.1 Å². The van der Waals surface area contributed by atoms with Gasteiger partial charge in [-0.3, -0.25) is 4.79 Å². The van der Waals surface area contributed by atoms with Gasteiger partial charge >= 0.3 is 0 Å². The van der Waals surface area contributed by atoms with Gasteiger partial charge in [0.25, 0.3) is 5.56 Å². The monoisotopic (exact) mass is 196 g/mol. The van der Waals surface area contributed by atoms with Crippen LogP contribution in [0.15, 0.2) is 41.5 Å². The Morgan fingerprint density at radius 1 is 1.20 bits per heavy atom. The van der Waals surface area contributed by atoms with Crippen molar-refractivity contribution in [1.29, 1.82) is 0 Å². The minimum absolute atomic E-state index is 0.185. The zero-order chi connectivity index (χ0) is 10.3. The molecule has 15 heavy (non-hydrogen) atoms. The first-order valence-electron chi connectivity index (χ1n) is 4.71. The molecule has 3 nitrogen and oxygen atoms in total. The minimum Gasteiger partial charge on any atom is -0.361 e. The molecule has 0 saturated carbocycles. The van der Waals surface area contributed by atoms with E-state index in [1.807, 2.05) is 30.5 Å². The Balaban J connectivity index is 2.67. The Morgan fingerprint density at radius 2 is 2.13 bits per heavy atom. The number of aromatic nitrogens is 1. The van der Waals surface area contributed by atoms with Gasteiger partial charge in [-0.1, -0.05) is 6.07 Å². The standard InChI is InChI=1S/C12H8N2O/c15-12-9-2-1-3-10-11(9)8(4-6-13-10)5-7-14-12/h1-7,13H. The molecular weight excluding hydrogens is 188 g/mol. The molecule has 0 radical (unpaired) electrons. The predicted molar refractivity (Wildman–Crippen MR) is 60.7 cm³/mol. The lowest BCUT2D eigenvalue weighted by atomic mass is 10.0. The molecule has 72 valence electrons. The van der Waals surface area contributed by atoms with E-state index in [0.717, 1.165) is 16.6 Å². The average Bonchev–Trinajstić information content (AvgIpc) is 2.42. The first kappa shape index (κ1) is 8.17. The van der Waals surface area contributed by atoms with Crippen LogP contribution in [0.5, 0.6) is 0 Å². The van der Waals surface area contributed by atoms with Gasteiger partial charge in [-0.15, -0.1) is 0 Å². The Bertz CT molecular complexity index is 632. The van der Waals surface area contributed by atoms with Gasteiger partial charge in [0.05, 0.1) is 5.39 Å². The lowest BCUT2D eigenvalue weighted by Crippen LogP contribution is -2.02. The molecule has 3 rings (SSSR count). The zero-order valence-electron chi connectivity index (χ0n) is 7.90. The molecule has 1 aromatic carbocycles. The van der Waals surface area contributed by atoms with Crippen LogP contribution in [0.25, 0.3) is 16.8 Å². The summed E-state index contributed by atoms with van der Waals surface area (Å²) in [7, 11) is 0. The zero-order valence-corrected chi connectivity index (χ0v) is 7.90. The maximum Gasteiger partial charge on any atom is 0.277 e. The van der Waals surface area contributed by atoms with E-state index in [9.17, 15) is 4.79 Å². The van der Waals surface area contributed by atoms with Gasteiger partial charge in [0.1, 0.15) is 0 Å². The fourth-order valence-corrected chi connectivity index (χ4v) is 1.86. The molecule has 0 aliphatic carbocycles. The first-order valence-corrected chi connectivity index (χ1v) is 4.71. The highest BCUT2D eigenvalue weighted by atomic mass is 16.1. The van der Waals surface area contributed by atoms with Gasteiger partial charge in [-0.25, -0.2) is 4.98 Å². The van der Waals surface area contributed by atoms with E-state index in [4.69, 9.17) is 0 Å². The van der Waals surface area contributed by atoms with Crippen LogP contribution in [-0.2, 0) is 0 Å². The van der Waals surface area contributed by atoms with E-state index >= 15 is 0 Å². The van der Waals surface area contributed by atoms with E-state index in [2.05, 4.69) is 10.3 Å². The first-order chi connectivity index (χ1) is 7.36.